The van der Waals surface area contributed by atoms with E-state index in [2.05, 4.69) is 16.0 Å². The second kappa shape index (κ2) is 9.22. The molecule has 3 heterocycles. The van der Waals surface area contributed by atoms with Crippen molar-refractivity contribution in [1.29, 1.82) is 0 Å². The zero-order chi connectivity index (χ0) is 26.4. The molecule has 0 aliphatic carbocycles. The van der Waals surface area contributed by atoms with Crippen molar-refractivity contribution in [3.05, 3.63) is 108 Å². The highest BCUT2D eigenvalue weighted by Crippen LogP contribution is 2.39. The number of halogens is 3. The lowest BCUT2D eigenvalue weighted by molar-refractivity contribution is -0.137. The van der Waals surface area contributed by atoms with Crippen molar-refractivity contribution in [1.82, 2.24) is 13.9 Å². The van der Waals surface area contributed by atoms with Crippen molar-refractivity contribution in [2.75, 3.05) is 0 Å². The van der Waals surface area contributed by atoms with Crippen LogP contribution in [-0.4, -0.2) is 20.2 Å². The summed E-state index contributed by atoms with van der Waals surface area (Å²) in [5, 5.41) is 1.86. The van der Waals surface area contributed by atoms with Crippen LogP contribution in [0.3, 0.4) is 0 Å². The van der Waals surface area contributed by atoms with Crippen molar-refractivity contribution in [2.24, 2.45) is 0 Å². The van der Waals surface area contributed by atoms with E-state index < -0.39 is 17.3 Å². The fourth-order valence-electron chi connectivity index (χ4n) is 4.55. The van der Waals surface area contributed by atoms with Crippen LogP contribution in [0.1, 0.15) is 21.5 Å². The average Bonchev–Trinajstić information content (AvgIpc) is 3.53. The number of carbonyl (C=O) groups is 1. The monoisotopic (exact) mass is 527 g/mol. The number of hydrogen-bond donors (Lipinski definition) is 1. The van der Waals surface area contributed by atoms with Gasteiger partial charge in [-0.1, -0.05) is 35.9 Å². The highest BCUT2D eigenvalue weighted by molar-refractivity contribution is 7.98. The number of carbonyl (C=O) groups excluding carboxylic acids is 1. The Balaban J connectivity index is 1.53. The Bertz CT molecular complexity index is 1820. The number of aryl methyl sites for hydroxylation is 1. The smallest absolute Gasteiger partial charge is 0.361 e. The molecule has 0 amide bonds. The topological polar surface area (TPSA) is 50.7 Å². The largest absolute Gasteiger partial charge is 0.417 e. The van der Waals surface area contributed by atoms with Gasteiger partial charge in [-0.2, -0.15) is 13.2 Å². The molecule has 3 aromatic carbocycles. The standard InChI is InChI=1S/C30H20F3N3OS/c1-18-2-7-24(8-3-18)38-36-16-26(20-6-9-28-21(12-20)10-11-34-28)25-13-23(15-35-29(25)36)19-4-5-22(17-37)27(14-19)30(31,32)33/h2-17,34H,1H3. The SMILES string of the molecule is Cc1ccc(Sn2cc(-c3ccc4[nH]ccc4c3)c3cc(-c4ccc(C=O)c(C(F)(F)F)c4)cnc32)cc1. The molecule has 4 nitrogen and oxygen atoms in total. The molecule has 0 spiro atoms. The zero-order valence-electron chi connectivity index (χ0n) is 20.1. The van der Waals surface area contributed by atoms with E-state index in [4.69, 9.17) is 0 Å². The second-order valence-corrected chi connectivity index (χ2v) is 10.1. The van der Waals surface area contributed by atoms with Crippen molar-refractivity contribution in [3.63, 3.8) is 0 Å². The number of pyridine rings is 1. The zero-order valence-corrected chi connectivity index (χ0v) is 20.9. The van der Waals surface area contributed by atoms with Crippen LogP contribution in [0.4, 0.5) is 13.2 Å². The number of benzene rings is 3. The van der Waals surface area contributed by atoms with Crippen LogP contribution < -0.4 is 0 Å². The average molecular weight is 528 g/mol. The Morgan fingerprint density at radius 2 is 1.71 bits per heavy atom. The molecule has 3 aromatic heterocycles. The molecule has 188 valence electrons. The molecule has 0 saturated heterocycles. The molecule has 0 aliphatic heterocycles. The number of aromatic nitrogens is 3. The normalized spacial score (nSPS) is 11.9. The molecule has 8 heteroatoms. The molecule has 6 rings (SSSR count). The third-order valence-corrected chi connectivity index (χ3v) is 7.48. The lowest BCUT2D eigenvalue weighted by Gasteiger charge is -2.12. The van der Waals surface area contributed by atoms with Gasteiger partial charge in [0.2, 0.25) is 0 Å². The number of H-pyrrole nitrogens is 1. The maximum Gasteiger partial charge on any atom is 0.417 e. The highest BCUT2D eigenvalue weighted by atomic mass is 32.2. The number of nitrogens with one attached hydrogen (secondary N) is 1. The van der Waals surface area contributed by atoms with Crippen molar-refractivity contribution in [3.8, 4) is 22.3 Å². The minimum absolute atomic E-state index is 0.228. The summed E-state index contributed by atoms with van der Waals surface area (Å²) in [6.07, 6.45) is 1.05. The van der Waals surface area contributed by atoms with Crippen LogP contribution in [0.5, 0.6) is 0 Å². The Labute approximate surface area is 220 Å². The number of hydrogen-bond acceptors (Lipinski definition) is 3. The number of nitrogens with zero attached hydrogens (tertiary/aromatic N) is 2. The van der Waals surface area contributed by atoms with E-state index in [1.54, 1.807) is 6.20 Å². The number of aromatic amines is 1. The molecule has 6 aromatic rings. The first-order chi connectivity index (χ1) is 18.3. The lowest BCUT2D eigenvalue weighted by atomic mass is 9.98. The van der Waals surface area contributed by atoms with Gasteiger partial charge in [-0.05, 0) is 77.8 Å². The van der Waals surface area contributed by atoms with Gasteiger partial charge in [0.1, 0.15) is 0 Å². The number of fused-ring (bicyclic) bond motifs is 2. The summed E-state index contributed by atoms with van der Waals surface area (Å²) in [6.45, 7) is 2.03. The van der Waals surface area contributed by atoms with Crippen LogP contribution in [-0.2, 0) is 6.18 Å². The first kappa shape index (κ1) is 24.1. The van der Waals surface area contributed by atoms with Crippen LogP contribution in [0.2, 0.25) is 0 Å². The van der Waals surface area contributed by atoms with Gasteiger partial charge in [-0.15, -0.1) is 0 Å². The van der Waals surface area contributed by atoms with E-state index in [0.29, 0.717) is 16.8 Å². The summed E-state index contributed by atoms with van der Waals surface area (Å²) in [5.41, 5.74) is 4.27. The summed E-state index contributed by atoms with van der Waals surface area (Å²) in [6, 6.07) is 21.9. The van der Waals surface area contributed by atoms with Gasteiger partial charge in [0.25, 0.3) is 0 Å². The van der Waals surface area contributed by atoms with Crippen molar-refractivity contribution >= 4 is 40.2 Å². The number of rotatable bonds is 5. The molecular weight excluding hydrogens is 507 g/mol. The van der Waals surface area contributed by atoms with Gasteiger partial charge in [0, 0.05) is 51.1 Å². The van der Waals surface area contributed by atoms with E-state index >= 15 is 0 Å². The lowest BCUT2D eigenvalue weighted by Crippen LogP contribution is -2.09. The van der Waals surface area contributed by atoms with Gasteiger partial charge in [0.05, 0.1) is 5.56 Å². The van der Waals surface area contributed by atoms with Crippen LogP contribution in [0, 0.1) is 6.92 Å². The van der Waals surface area contributed by atoms with Gasteiger partial charge in [0.15, 0.2) is 11.9 Å². The molecular formula is C30H20F3N3OS. The van der Waals surface area contributed by atoms with Crippen molar-refractivity contribution in [2.45, 2.75) is 18.0 Å². The quantitative estimate of drug-likeness (QED) is 0.229. The molecule has 1 N–H and O–H groups in total. The van der Waals surface area contributed by atoms with E-state index in [1.807, 2.05) is 71.8 Å². The maximum absolute atomic E-state index is 13.6. The van der Waals surface area contributed by atoms with Crippen LogP contribution >= 0.6 is 11.9 Å². The van der Waals surface area contributed by atoms with Gasteiger partial charge in [-0.25, -0.2) is 4.98 Å². The Hall–Kier alpha value is -4.30. The Kier molecular flexibility index (Phi) is 5.84. The Morgan fingerprint density at radius 1 is 0.921 bits per heavy atom. The first-order valence-corrected chi connectivity index (χ1v) is 12.6. The summed E-state index contributed by atoms with van der Waals surface area (Å²) >= 11 is 1.52. The molecule has 0 unspecified atom stereocenters. The van der Waals surface area contributed by atoms with Gasteiger partial charge in [-0.3, -0.25) is 8.77 Å². The third-order valence-electron chi connectivity index (χ3n) is 6.52. The molecule has 0 aliphatic rings. The molecule has 38 heavy (non-hydrogen) atoms. The highest BCUT2D eigenvalue weighted by Gasteiger charge is 2.33. The molecule has 0 bridgehead atoms. The third kappa shape index (κ3) is 4.37. The molecule has 0 saturated carbocycles. The minimum Gasteiger partial charge on any atom is -0.361 e. The number of alkyl halides is 3. The maximum atomic E-state index is 13.6. The molecule has 0 radical (unpaired) electrons. The first-order valence-electron chi connectivity index (χ1n) is 11.8. The van der Waals surface area contributed by atoms with Gasteiger partial charge >= 0.3 is 6.18 Å². The predicted octanol–water partition coefficient (Wildman–Crippen LogP) is 8.55. The van der Waals surface area contributed by atoms with E-state index in [1.165, 1.54) is 24.1 Å². The summed E-state index contributed by atoms with van der Waals surface area (Å²) in [5.74, 6) is 0. The second-order valence-electron chi connectivity index (χ2n) is 9.07. The molecule has 0 atom stereocenters. The summed E-state index contributed by atoms with van der Waals surface area (Å²) in [7, 11) is 0. The predicted molar refractivity (Wildman–Crippen MR) is 145 cm³/mol. The summed E-state index contributed by atoms with van der Waals surface area (Å²) < 4.78 is 42.9. The van der Waals surface area contributed by atoms with Crippen LogP contribution in [0.25, 0.3) is 44.2 Å². The molecule has 0 fully saturated rings. The van der Waals surface area contributed by atoms with Crippen LogP contribution in [0.15, 0.2) is 96.3 Å². The van der Waals surface area contributed by atoms with Gasteiger partial charge < -0.3 is 4.98 Å². The van der Waals surface area contributed by atoms with E-state index in [0.717, 1.165) is 43.9 Å². The fraction of sp³-hybridized carbons (Fsp3) is 0.0667. The van der Waals surface area contributed by atoms with E-state index in [9.17, 15) is 18.0 Å². The fourth-order valence-corrected chi connectivity index (χ4v) is 5.43. The number of aldehydes is 1. The minimum atomic E-state index is -4.64. The van der Waals surface area contributed by atoms with Crippen molar-refractivity contribution < 1.29 is 18.0 Å². The van der Waals surface area contributed by atoms with E-state index in [-0.39, 0.29) is 6.29 Å². The summed E-state index contributed by atoms with van der Waals surface area (Å²) in [4.78, 5) is 20.1. The Morgan fingerprint density at radius 3 is 2.47 bits per heavy atom.